The van der Waals surface area contributed by atoms with Crippen molar-refractivity contribution in [3.05, 3.63) is 59.2 Å². The van der Waals surface area contributed by atoms with Gasteiger partial charge in [0.25, 0.3) is 5.91 Å². The Morgan fingerprint density at radius 2 is 1.64 bits per heavy atom. The van der Waals surface area contributed by atoms with Crippen molar-refractivity contribution >= 4 is 17.4 Å². The number of Topliss-reactive ketones (excluding diaryl/α,β-unsaturated/α-hetero) is 1. The summed E-state index contributed by atoms with van der Waals surface area (Å²) in [5.41, 5.74) is 0.882. The molecule has 1 unspecified atom stereocenters. The summed E-state index contributed by atoms with van der Waals surface area (Å²) in [6.45, 7) is 10.8. The van der Waals surface area contributed by atoms with Crippen molar-refractivity contribution in [2.24, 2.45) is 0 Å². The molecule has 8 heteroatoms. The van der Waals surface area contributed by atoms with Gasteiger partial charge in [-0.05, 0) is 63.1 Å². The SMILES string of the molecule is CC[NH+](CC)CCN1C(=O)C(=O)/C(=C(/[O-])c2ccc(OC(C)C)cc2)C1c1ccc(OC)c(OC)c1. The third-order valence-corrected chi connectivity index (χ3v) is 6.45. The number of likely N-dealkylation sites (tertiary alicyclic amines) is 1. The Morgan fingerprint density at radius 1 is 1.00 bits per heavy atom. The van der Waals surface area contributed by atoms with E-state index in [0.29, 0.717) is 41.5 Å². The maximum absolute atomic E-state index is 13.7. The van der Waals surface area contributed by atoms with Gasteiger partial charge in [-0.3, -0.25) is 9.59 Å². The Hall–Kier alpha value is -3.52. The number of ketones is 1. The van der Waals surface area contributed by atoms with E-state index >= 15 is 0 Å². The fourth-order valence-electron chi connectivity index (χ4n) is 4.47. The average molecular weight is 497 g/mol. The lowest BCUT2D eigenvalue weighted by Crippen LogP contribution is -3.12. The molecule has 0 bridgehead atoms. The molecule has 2 aromatic carbocycles. The highest BCUT2D eigenvalue weighted by Crippen LogP contribution is 2.41. The number of rotatable bonds is 11. The van der Waals surface area contributed by atoms with Crippen LogP contribution in [0.5, 0.6) is 17.2 Å². The molecule has 194 valence electrons. The van der Waals surface area contributed by atoms with Crippen molar-refractivity contribution in [1.82, 2.24) is 4.90 Å². The molecule has 0 spiro atoms. The number of benzene rings is 2. The van der Waals surface area contributed by atoms with Crippen LogP contribution in [0.3, 0.4) is 0 Å². The molecule has 1 amide bonds. The number of quaternary nitrogens is 1. The van der Waals surface area contributed by atoms with E-state index in [4.69, 9.17) is 14.2 Å². The molecule has 1 N–H and O–H groups in total. The molecule has 1 aliphatic heterocycles. The summed E-state index contributed by atoms with van der Waals surface area (Å²) >= 11 is 0. The van der Waals surface area contributed by atoms with E-state index in [1.54, 1.807) is 42.5 Å². The summed E-state index contributed by atoms with van der Waals surface area (Å²) in [5.74, 6) is -0.299. The predicted molar refractivity (Wildman–Crippen MR) is 135 cm³/mol. The maximum Gasteiger partial charge on any atom is 0.295 e. The number of methoxy groups -OCH3 is 2. The quantitative estimate of drug-likeness (QED) is 0.289. The fourth-order valence-corrected chi connectivity index (χ4v) is 4.47. The maximum atomic E-state index is 13.7. The number of nitrogens with zero attached hydrogens (tertiary/aromatic N) is 1. The fraction of sp³-hybridized carbons (Fsp3) is 0.429. The van der Waals surface area contributed by atoms with E-state index in [-0.39, 0.29) is 11.7 Å². The van der Waals surface area contributed by atoms with Crippen LogP contribution in [0.25, 0.3) is 5.76 Å². The van der Waals surface area contributed by atoms with Crippen LogP contribution in [0.2, 0.25) is 0 Å². The van der Waals surface area contributed by atoms with Crippen LogP contribution < -0.4 is 24.2 Å². The smallest absolute Gasteiger partial charge is 0.295 e. The van der Waals surface area contributed by atoms with Gasteiger partial charge < -0.3 is 29.1 Å². The zero-order chi connectivity index (χ0) is 26.4. The first kappa shape index (κ1) is 27.1. The van der Waals surface area contributed by atoms with Gasteiger partial charge in [0.1, 0.15) is 5.75 Å². The first-order valence-electron chi connectivity index (χ1n) is 12.3. The van der Waals surface area contributed by atoms with Crippen LogP contribution in [0.1, 0.15) is 44.9 Å². The number of carbonyl (C=O) groups excluding carboxylic acids is 2. The molecular formula is C28H36N2O6. The lowest BCUT2D eigenvalue weighted by molar-refractivity contribution is -0.895. The van der Waals surface area contributed by atoms with Gasteiger partial charge in [0.2, 0.25) is 5.78 Å². The number of likely N-dealkylation sites (N-methyl/N-ethyl adjacent to an activating group) is 1. The Labute approximate surface area is 213 Å². The van der Waals surface area contributed by atoms with Crippen LogP contribution in [-0.2, 0) is 9.59 Å². The topological polar surface area (TPSA) is 92.6 Å². The van der Waals surface area contributed by atoms with Crippen molar-refractivity contribution in [2.75, 3.05) is 40.4 Å². The number of nitrogens with one attached hydrogen (secondary N) is 1. The second-order valence-corrected chi connectivity index (χ2v) is 8.99. The van der Waals surface area contributed by atoms with Gasteiger partial charge in [-0.25, -0.2) is 0 Å². The zero-order valence-corrected chi connectivity index (χ0v) is 21.9. The number of carbonyl (C=O) groups is 2. The highest BCUT2D eigenvalue weighted by atomic mass is 16.5. The van der Waals surface area contributed by atoms with Crippen molar-refractivity contribution in [3.63, 3.8) is 0 Å². The van der Waals surface area contributed by atoms with Crippen molar-refractivity contribution in [2.45, 2.75) is 39.8 Å². The van der Waals surface area contributed by atoms with Gasteiger partial charge in [-0.1, -0.05) is 24.0 Å². The Balaban J connectivity index is 2.11. The monoisotopic (exact) mass is 496 g/mol. The van der Waals surface area contributed by atoms with E-state index in [0.717, 1.165) is 13.1 Å². The van der Waals surface area contributed by atoms with E-state index in [1.165, 1.54) is 24.0 Å². The third kappa shape index (κ3) is 5.65. The van der Waals surface area contributed by atoms with Crippen molar-refractivity contribution in [3.8, 4) is 17.2 Å². The molecular weight excluding hydrogens is 460 g/mol. The lowest BCUT2D eigenvalue weighted by Gasteiger charge is -2.29. The molecule has 8 nitrogen and oxygen atoms in total. The summed E-state index contributed by atoms with van der Waals surface area (Å²) in [6, 6.07) is 11.0. The van der Waals surface area contributed by atoms with Gasteiger partial charge in [-0.15, -0.1) is 0 Å². The van der Waals surface area contributed by atoms with Crippen LogP contribution in [0, 0.1) is 0 Å². The van der Waals surface area contributed by atoms with Gasteiger partial charge in [0.05, 0.1) is 52.5 Å². The van der Waals surface area contributed by atoms with Gasteiger partial charge in [-0.2, -0.15) is 0 Å². The Morgan fingerprint density at radius 3 is 2.19 bits per heavy atom. The summed E-state index contributed by atoms with van der Waals surface area (Å²) in [4.78, 5) is 29.3. The van der Waals surface area contributed by atoms with Crippen LogP contribution >= 0.6 is 0 Å². The zero-order valence-electron chi connectivity index (χ0n) is 21.9. The minimum Gasteiger partial charge on any atom is -0.872 e. The van der Waals surface area contributed by atoms with E-state index in [2.05, 4.69) is 13.8 Å². The molecule has 0 radical (unpaired) electrons. The van der Waals surface area contributed by atoms with Crippen molar-refractivity contribution in [1.29, 1.82) is 0 Å². The van der Waals surface area contributed by atoms with E-state index < -0.39 is 23.5 Å². The molecule has 1 fully saturated rings. The summed E-state index contributed by atoms with van der Waals surface area (Å²) < 4.78 is 16.5. The Bertz CT molecular complexity index is 1110. The molecule has 0 saturated carbocycles. The van der Waals surface area contributed by atoms with Gasteiger partial charge in [0, 0.05) is 5.57 Å². The molecule has 3 rings (SSSR count). The second-order valence-electron chi connectivity index (χ2n) is 8.99. The second kappa shape index (κ2) is 11.9. The Kier molecular flexibility index (Phi) is 8.98. The molecule has 1 saturated heterocycles. The molecule has 0 aromatic heterocycles. The number of hydrogen-bond acceptors (Lipinski definition) is 6. The predicted octanol–water partition coefficient (Wildman–Crippen LogP) is 1.64. The van der Waals surface area contributed by atoms with Crippen LogP contribution in [0.15, 0.2) is 48.0 Å². The largest absolute Gasteiger partial charge is 0.872 e. The van der Waals surface area contributed by atoms with E-state index in [1.807, 2.05) is 13.8 Å². The molecule has 2 aromatic rings. The highest BCUT2D eigenvalue weighted by molar-refractivity contribution is 6.46. The summed E-state index contributed by atoms with van der Waals surface area (Å²) in [7, 11) is 3.05. The summed E-state index contributed by atoms with van der Waals surface area (Å²) in [6.07, 6.45) is -0.00844. The van der Waals surface area contributed by atoms with Gasteiger partial charge >= 0.3 is 0 Å². The third-order valence-electron chi connectivity index (χ3n) is 6.45. The number of amides is 1. The molecule has 36 heavy (non-hydrogen) atoms. The standard InChI is InChI=1S/C28H36N2O6/c1-7-29(8-2)15-16-30-25(20-11-14-22(34-5)23(17-20)35-6)24(27(32)28(30)33)26(31)19-9-12-21(13-10-19)36-18(3)4/h9-14,17-18,25,31H,7-8,15-16H2,1-6H3/b26-24+. The highest BCUT2D eigenvalue weighted by Gasteiger charge is 2.44. The summed E-state index contributed by atoms with van der Waals surface area (Å²) in [5, 5.41) is 13.7. The molecule has 1 heterocycles. The molecule has 1 atom stereocenters. The average Bonchev–Trinajstić information content (AvgIpc) is 3.13. The minimum absolute atomic E-state index is 0.00844. The van der Waals surface area contributed by atoms with Crippen LogP contribution in [0.4, 0.5) is 0 Å². The molecule has 1 aliphatic rings. The normalized spacial score (nSPS) is 17.2. The number of ether oxygens (including phenoxy) is 3. The van der Waals surface area contributed by atoms with Crippen LogP contribution in [-0.4, -0.2) is 63.1 Å². The lowest BCUT2D eigenvalue weighted by atomic mass is 9.95. The first-order valence-corrected chi connectivity index (χ1v) is 12.3. The first-order chi connectivity index (χ1) is 17.2. The van der Waals surface area contributed by atoms with Gasteiger partial charge in [0.15, 0.2) is 11.5 Å². The number of hydrogen-bond donors (Lipinski definition) is 1. The minimum atomic E-state index is -0.821. The molecule has 0 aliphatic carbocycles. The van der Waals surface area contributed by atoms with E-state index in [9.17, 15) is 14.7 Å². The van der Waals surface area contributed by atoms with Crippen molar-refractivity contribution < 1.29 is 33.8 Å².